The number of hydrogen-bond acceptors (Lipinski definition) is 4. The van der Waals surface area contributed by atoms with E-state index in [4.69, 9.17) is 0 Å². The Bertz CT molecular complexity index is 1480. The van der Waals surface area contributed by atoms with Crippen molar-refractivity contribution in [3.05, 3.63) is 98.0 Å². The van der Waals surface area contributed by atoms with Gasteiger partial charge in [0.15, 0.2) is 34.7 Å². The van der Waals surface area contributed by atoms with Crippen LogP contribution in [0.25, 0.3) is 0 Å². The van der Waals surface area contributed by atoms with Gasteiger partial charge in [-0.3, -0.25) is 19.3 Å². The van der Waals surface area contributed by atoms with Crippen molar-refractivity contribution in [3.63, 3.8) is 0 Å². The van der Waals surface area contributed by atoms with Crippen molar-refractivity contribution in [2.45, 2.75) is 38.0 Å². The number of carbonyl (C=O) groups is 1. The highest BCUT2D eigenvalue weighted by atomic mass is 19.4. The van der Waals surface area contributed by atoms with Gasteiger partial charge in [0.25, 0.3) is 5.91 Å². The van der Waals surface area contributed by atoms with Crippen LogP contribution in [0.4, 0.5) is 30.7 Å². The minimum absolute atomic E-state index is 0.0201. The van der Waals surface area contributed by atoms with Crippen molar-refractivity contribution in [1.29, 1.82) is 0 Å². The molecule has 38 heavy (non-hydrogen) atoms. The summed E-state index contributed by atoms with van der Waals surface area (Å²) in [7, 11) is 0. The molecule has 1 aromatic heterocycles. The highest BCUT2D eigenvalue weighted by molar-refractivity contribution is 5.96. The van der Waals surface area contributed by atoms with E-state index in [1.807, 2.05) is 0 Å². The largest absolute Gasteiger partial charge is 0.502 e. The molecular weight excluding hydrogens is 523 g/mol. The van der Waals surface area contributed by atoms with E-state index < -0.39 is 71.0 Å². The minimum atomic E-state index is -4.92. The lowest BCUT2D eigenvalue weighted by atomic mass is 9.93. The first-order chi connectivity index (χ1) is 17.8. The smallest absolute Gasteiger partial charge is 0.408 e. The van der Waals surface area contributed by atoms with Crippen LogP contribution in [0.1, 0.15) is 45.7 Å². The first-order valence-electron chi connectivity index (χ1n) is 11.3. The van der Waals surface area contributed by atoms with Crippen LogP contribution in [0.2, 0.25) is 0 Å². The van der Waals surface area contributed by atoms with E-state index in [0.717, 1.165) is 46.2 Å². The van der Waals surface area contributed by atoms with E-state index in [1.54, 1.807) is 0 Å². The second-order valence-electron chi connectivity index (χ2n) is 9.13. The summed E-state index contributed by atoms with van der Waals surface area (Å²) in [6.45, 7) is -0.126. The number of rotatable bonds is 2. The Balaban J connectivity index is 1.83. The Hall–Kier alpha value is -4.03. The van der Waals surface area contributed by atoms with Gasteiger partial charge in [-0.1, -0.05) is 0 Å². The van der Waals surface area contributed by atoms with Crippen molar-refractivity contribution in [1.82, 2.24) is 9.58 Å². The highest BCUT2D eigenvalue weighted by Crippen LogP contribution is 2.40. The minimum Gasteiger partial charge on any atom is -0.502 e. The molecule has 0 radical (unpaired) electrons. The Morgan fingerprint density at radius 1 is 0.895 bits per heavy atom. The molecule has 0 fully saturated rings. The fourth-order valence-electron chi connectivity index (χ4n) is 4.94. The van der Waals surface area contributed by atoms with E-state index in [-0.39, 0.29) is 35.1 Å². The zero-order chi connectivity index (χ0) is 27.7. The van der Waals surface area contributed by atoms with Crippen molar-refractivity contribution in [2.24, 2.45) is 0 Å². The molecule has 2 heterocycles. The zero-order valence-corrected chi connectivity index (χ0v) is 19.5. The third kappa shape index (κ3) is 3.96. The molecule has 2 aromatic carbocycles. The van der Waals surface area contributed by atoms with E-state index >= 15 is 0 Å². The number of halogens is 7. The van der Waals surface area contributed by atoms with E-state index in [9.17, 15) is 45.4 Å². The van der Waals surface area contributed by atoms with E-state index in [1.165, 1.54) is 0 Å². The quantitative estimate of drug-likeness (QED) is 0.492. The molecule has 2 aliphatic rings. The third-order valence-corrected chi connectivity index (χ3v) is 6.95. The summed E-state index contributed by atoms with van der Waals surface area (Å²) in [4.78, 5) is 25.6. The lowest BCUT2D eigenvalue weighted by Crippen LogP contribution is -2.60. The molecule has 0 saturated heterocycles. The SMILES string of the molecule is C[C@@H](N1CN(C2c3cc(F)c(F)cc3CCc3cc(F)c(F)cc32)n2ccc(=O)c(O)c2C1=O)C(F)(F)F. The predicted molar refractivity (Wildman–Crippen MR) is 119 cm³/mol. The number of aromatic nitrogens is 1. The summed E-state index contributed by atoms with van der Waals surface area (Å²) in [5.74, 6) is -7.44. The van der Waals surface area contributed by atoms with Gasteiger partial charge in [-0.05, 0) is 66.3 Å². The van der Waals surface area contributed by atoms with Crippen LogP contribution in [0, 0.1) is 23.3 Å². The van der Waals surface area contributed by atoms with Crippen LogP contribution >= 0.6 is 0 Å². The van der Waals surface area contributed by atoms with Crippen molar-refractivity contribution in [3.8, 4) is 5.75 Å². The molecule has 6 nitrogen and oxygen atoms in total. The fourth-order valence-corrected chi connectivity index (χ4v) is 4.94. The molecule has 1 atom stereocenters. The number of hydrogen-bond donors (Lipinski definition) is 1. The average Bonchev–Trinajstić information content (AvgIpc) is 2.98. The Labute approximate surface area is 210 Å². The van der Waals surface area contributed by atoms with Crippen molar-refractivity contribution < 1.29 is 40.6 Å². The number of aromatic hydroxyl groups is 1. The highest BCUT2D eigenvalue weighted by Gasteiger charge is 2.47. The molecule has 3 aromatic rings. The molecule has 1 aliphatic carbocycles. The number of nitrogens with zero attached hydrogens (tertiary/aromatic N) is 3. The maximum atomic E-state index is 14.5. The molecular formula is C25H18F7N3O3. The van der Waals surface area contributed by atoms with Crippen LogP contribution in [0.5, 0.6) is 5.75 Å². The molecule has 1 N–H and O–H groups in total. The fraction of sp³-hybridized carbons (Fsp3) is 0.280. The number of alkyl halides is 3. The van der Waals surface area contributed by atoms with Gasteiger partial charge in [0, 0.05) is 12.3 Å². The number of carbonyl (C=O) groups excluding carboxylic acids is 1. The van der Waals surface area contributed by atoms with Crippen molar-refractivity contribution in [2.75, 3.05) is 11.7 Å². The van der Waals surface area contributed by atoms with Gasteiger partial charge < -0.3 is 10.0 Å². The summed E-state index contributed by atoms with van der Waals surface area (Å²) in [5.41, 5.74) is -1.39. The monoisotopic (exact) mass is 541 g/mol. The molecule has 0 saturated carbocycles. The molecule has 1 aliphatic heterocycles. The maximum absolute atomic E-state index is 14.5. The third-order valence-electron chi connectivity index (χ3n) is 6.95. The lowest BCUT2D eigenvalue weighted by molar-refractivity contribution is -0.173. The Morgan fingerprint density at radius 3 is 1.89 bits per heavy atom. The van der Waals surface area contributed by atoms with Crippen molar-refractivity contribution >= 4 is 5.91 Å². The first kappa shape index (κ1) is 25.6. The molecule has 0 spiro atoms. The Morgan fingerprint density at radius 2 is 1.39 bits per heavy atom. The van der Waals surface area contributed by atoms with Gasteiger partial charge in [0.1, 0.15) is 12.7 Å². The lowest BCUT2D eigenvalue weighted by Gasteiger charge is -2.46. The van der Waals surface area contributed by atoms with Crippen LogP contribution in [0.15, 0.2) is 41.3 Å². The van der Waals surface area contributed by atoms with Gasteiger partial charge in [-0.25, -0.2) is 17.6 Å². The summed E-state index contributed by atoms with van der Waals surface area (Å²) in [6.07, 6.45) is -3.79. The van der Waals surface area contributed by atoms with Gasteiger partial charge in [0.05, 0.1) is 6.04 Å². The predicted octanol–water partition coefficient (Wildman–Crippen LogP) is 4.30. The summed E-state index contributed by atoms with van der Waals surface area (Å²) in [5, 5.41) is 11.5. The molecule has 200 valence electrons. The van der Waals surface area contributed by atoms with Gasteiger partial charge in [-0.15, -0.1) is 0 Å². The number of fused-ring (bicyclic) bond motifs is 3. The topological polar surface area (TPSA) is 65.8 Å². The number of amides is 1. The Kier molecular flexibility index (Phi) is 5.91. The second-order valence-corrected chi connectivity index (χ2v) is 9.13. The van der Waals surface area contributed by atoms with Crippen LogP contribution in [-0.4, -0.2) is 39.5 Å². The van der Waals surface area contributed by atoms with Gasteiger partial charge in [0.2, 0.25) is 5.43 Å². The number of aryl methyl sites for hydroxylation is 2. The number of benzene rings is 2. The summed E-state index contributed by atoms with van der Waals surface area (Å²) in [6, 6.07) is 0.474. The zero-order valence-electron chi connectivity index (χ0n) is 19.5. The molecule has 13 heteroatoms. The van der Waals surface area contributed by atoms with Gasteiger partial charge in [-0.2, -0.15) is 13.2 Å². The first-order valence-corrected chi connectivity index (χ1v) is 11.3. The molecule has 1 amide bonds. The molecule has 0 bridgehead atoms. The van der Waals surface area contributed by atoms with Crippen LogP contribution < -0.4 is 10.4 Å². The summed E-state index contributed by atoms with van der Waals surface area (Å²) < 4.78 is 99.6. The van der Waals surface area contributed by atoms with Crippen LogP contribution in [0.3, 0.4) is 0 Å². The second kappa shape index (κ2) is 8.77. The maximum Gasteiger partial charge on any atom is 0.408 e. The van der Waals surface area contributed by atoms with Crippen LogP contribution in [-0.2, 0) is 12.8 Å². The standard InChI is InChI=1S/C25H18F7N3O3/c1-11(25(30,31)32)33-10-35(34-5-4-20(36)23(37)22(34)24(33)38)21-14-8-18(28)16(26)6-12(14)2-3-13-7-17(27)19(29)9-15(13)21/h4-9,11,21,37H,2-3,10H2,1H3/t11-/m1/s1. The van der Waals surface area contributed by atoms with E-state index in [0.29, 0.717) is 11.8 Å². The molecule has 0 unspecified atom stereocenters. The summed E-state index contributed by atoms with van der Waals surface area (Å²) >= 11 is 0. The van der Waals surface area contributed by atoms with Gasteiger partial charge >= 0.3 is 6.18 Å². The number of pyridine rings is 1. The molecule has 5 rings (SSSR count). The van der Waals surface area contributed by atoms with E-state index in [2.05, 4.69) is 0 Å². The average molecular weight is 541 g/mol. The normalized spacial score (nSPS) is 16.6.